The molecule has 172 valence electrons. The molecular weight excluding hydrogens is 499 g/mol. The number of hydrogen-bond donors (Lipinski definition) is 1. The first kappa shape index (κ1) is 25.1. The topological polar surface area (TPSA) is 80.7 Å². The Balaban J connectivity index is 0.00000320. The molecular formula is C20H37IN6O3. The van der Waals surface area contributed by atoms with E-state index in [1.807, 2.05) is 4.90 Å². The zero-order valence-electron chi connectivity index (χ0n) is 18.3. The molecule has 3 rings (SSSR count). The fourth-order valence-corrected chi connectivity index (χ4v) is 3.91. The molecule has 3 fully saturated rings. The van der Waals surface area contributed by atoms with Gasteiger partial charge in [0.2, 0.25) is 11.8 Å². The number of amides is 2. The SMILES string of the molecule is CN(C)C(=O)CN=C(NCC1CCOC1)N1CCN(CC(=O)N2CCCC2)CC1.I. The van der Waals surface area contributed by atoms with Gasteiger partial charge in [0.1, 0.15) is 6.54 Å². The molecule has 1 atom stereocenters. The number of likely N-dealkylation sites (N-methyl/N-ethyl adjacent to an activating group) is 1. The molecule has 3 aliphatic heterocycles. The average Bonchev–Trinajstić information content (AvgIpc) is 3.42. The number of nitrogens with one attached hydrogen (secondary N) is 1. The molecule has 10 heteroatoms. The average molecular weight is 536 g/mol. The number of halogens is 1. The van der Waals surface area contributed by atoms with Gasteiger partial charge in [-0.25, -0.2) is 4.99 Å². The van der Waals surface area contributed by atoms with Gasteiger partial charge in [0.05, 0.1) is 13.2 Å². The van der Waals surface area contributed by atoms with Crippen molar-refractivity contribution in [3.8, 4) is 0 Å². The molecule has 0 aromatic rings. The van der Waals surface area contributed by atoms with Crippen LogP contribution in [0.15, 0.2) is 4.99 Å². The number of piperazine rings is 1. The predicted octanol–water partition coefficient (Wildman–Crippen LogP) is -0.0853. The smallest absolute Gasteiger partial charge is 0.243 e. The van der Waals surface area contributed by atoms with Crippen molar-refractivity contribution in [3.05, 3.63) is 0 Å². The van der Waals surface area contributed by atoms with Crippen LogP contribution in [0.2, 0.25) is 0 Å². The summed E-state index contributed by atoms with van der Waals surface area (Å²) in [4.78, 5) is 37.0. The fourth-order valence-electron chi connectivity index (χ4n) is 3.91. The van der Waals surface area contributed by atoms with E-state index in [1.165, 1.54) is 0 Å². The molecule has 0 aromatic heterocycles. The summed E-state index contributed by atoms with van der Waals surface area (Å²) in [5.41, 5.74) is 0. The summed E-state index contributed by atoms with van der Waals surface area (Å²) in [5, 5.41) is 3.46. The number of hydrogen-bond acceptors (Lipinski definition) is 5. The quantitative estimate of drug-likeness (QED) is 0.291. The van der Waals surface area contributed by atoms with Gasteiger partial charge < -0.3 is 24.8 Å². The Bertz CT molecular complexity index is 583. The number of aliphatic imine (C=N–C) groups is 1. The Labute approximate surface area is 197 Å². The van der Waals surface area contributed by atoms with Crippen LogP contribution in [0.3, 0.4) is 0 Å². The normalized spacial score (nSPS) is 22.7. The number of guanidine groups is 1. The van der Waals surface area contributed by atoms with E-state index in [0.29, 0.717) is 12.5 Å². The monoisotopic (exact) mass is 536 g/mol. The molecule has 0 aliphatic carbocycles. The highest BCUT2D eigenvalue weighted by molar-refractivity contribution is 14.0. The first-order valence-electron chi connectivity index (χ1n) is 10.8. The van der Waals surface area contributed by atoms with Gasteiger partial charge in [0.25, 0.3) is 0 Å². The third-order valence-corrected chi connectivity index (χ3v) is 5.93. The van der Waals surface area contributed by atoms with Crippen LogP contribution in [0, 0.1) is 5.92 Å². The van der Waals surface area contributed by atoms with Crippen LogP contribution in [0.4, 0.5) is 0 Å². The highest BCUT2D eigenvalue weighted by atomic mass is 127. The van der Waals surface area contributed by atoms with E-state index in [2.05, 4.69) is 20.1 Å². The van der Waals surface area contributed by atoms with Crippen molar-refractivity contribution < 1.29 is 14.3 Å². The second-order valence-electron chi connectivity index (χ2n) is 8.39. The Morgan fingerprint density at radius 1 is 1.07 bits per heavy atom. The molecule has 1 unspecified atom stereocenters. The lowest BCUT2D eigenvalue weighted by atomic mass is 10.1. The van der Waals surface area contributed by atoms with E-state index in [1.54, 1.807) is 19.0 Å². The fraction of sp³-hybridized carbons (Fsp3) is 0.850. The maximum Gasteiger partial charge on any atom is 0.243 e. The number of likely N-dealkylation sites (tertiary alicyclic amines) is 1. The molecule has 1 N–H and O–H groups in total. The zero-order valence-corrected chi connectivity index (χ0v) is 20.7. The van der Waals surface area contributed by atoms with Gasteiger partial charge in [-0.05, 0) is 19.3 Å². The summed E-state index contributed by atoms with van der Waals surface area (Å²) in [5.74, 6) is 1.52. The van der Waals surface area contributed by atoms with Crippen LogP contribution in [0.25, 0.3) is 0 Å². The standard InChI is InChI=1S/C20H36N6O3.HI/c1-23(2)18(27)14-22-20(21-13-17-5-12-29-16-17)26-10-8-24(9-11-26)15-19(28)25-6-3-4-7-25;/h17H,3-16H2,1-2H3,(H,21,22);1H. The van der Waals surface area contributed by atoms with Gasteiger partial charge >= 0.3 is 0 Å². The summed E-state index contributed by atoms with van der Waals surface area (Å²) in [6.45, 7) is 8.13. The number of nitrogens with zero attached hydrogens (tertiary/aromatic N) is 5. The molecule has 9 nitrogen and oxygen atoms in total. The molecule has 0 radical (unpaired) electrons. The van der Waals surface area contributed by atoms with Crippen LogP contribution in [-0.2, 0) is 14.3 Å². The van der Waals surface area contributed by atoms with Crippen LogP contribution in [0.1, 0.15) is 19.3 Å². The maximum absolute atomic E-state index is 12.4. The summed E-state index contributed by atoms with van der Waals surface area (Å²) in [6.07, 6.45) is 3.31. The third kappa shape index (κ3) is 7.52. The van der Waals surface area contributed by atoms with Gasteiger partial charge in [-0.1, -0.05) is 0 Å². The molecule has 3 saturated heterocycles. The summed E-state index contributed by atoms with van der Waals surface area (Å²) in [6, 6.07) is 0. The molecule has 3 heterocycles. The Morgan fingerprint density at radius 2 is 1.77 bits per heavy atom. The Hall–Kier alpha value is -1.14. The Kier molecular flexibility index (Phi) is 10.6. The highest BCUT2D eigenvalue weighted by Gasteiger charge is 2.25. The van der Waals surface area contributed by atoms with Gasteiger partial charge in [0, 0.05) is 72.4 Å². The minimum Gasteiger partial charge on any atom is -0.381 e. The lowest BCUT2D eigenvalue weighted by Gasteiger charge is -2.37. The number of ether oxygens (including phenoxy) is 1. The lowest BCUT2D eigenvalue weighted by molar-refractivity contribution is -0.131. The Morgan fingerprint density at radius 3 is 2.37 bits per heavy atom. The molecule has 3 aliphatic rings. The van der Waals surface area contributed by atoms with E-state index in [0.717, 1.165) is 84.2 Å². The van der Waals surface area contributed by atoms with Crippen molar-refractivity contribution in [1.82, 2.24) is 24.9 Å². The molecule has 0 bridgehead atoms. The molecule has 30 heavy (non-hydrogen) atoms. The van der Waals surface area contributed by atoms with Crippen molar-refractivity contribution in [1.29, 1.82) is 0 Å². The second-order valence-corrected chi connectivity index (χ2v) is 8.39. The number of carbonyl (C=O) groups excluding carboxylic acids is 2. The van der Waals surface area contributed by atoms with E-state index < -0.39 is 0 Å². The maximum atomic E-state index is 12.4. The van der Waals surface area contributed by atoms with Crippen molar-refractivity contribution in [2.75, 3.05) is 86.2 Å². The minimum atomic E-state index is -0.0108. The van der Waals surface area contributed by atoms with Crippen molar-refractivity contribution in [2.45, 2.75) is 19.3 Å². The largest absolute Gasteiger partial charge is 0.381 e. The first-order chi connectivity index (χ1) is 14.0. The third-order valence-electron chi connectivity index (χ3n) is 5.93. The van der Waals surface area contributed by atoms with Gasteiger partial charge in [-0.3, -0.25) is 14.5 Å². The number of rotatable bonds is 6. The van der Waals surface area contributed by atoms with Gasteiger partial charge in [-0.15, -0.1) is 24.0 Å². The number of carbonyl (C=O) groups is 2. The molecule has 0 spiro atoms. The van der Waals surface area contributed by atoms with Crippen molar-refractivity contribution in [2.24, 2.45) is 10.9 Å². The van der Waals surface area contributed by atoms with Gasteiger partial charge in [-0.2, -0.15) is 0 Å². The zero-order chi connectivity index (χ0) is 20.6. The van der Waals surface area contributed by atoms with E-state index >= 15 is 0 Å². The van der Waals surface area contributed by atoms with Crippen LogP contribution < -0.4 is 5.32 Å². The summed E-state index contributed by atoms with van der Waals surface area (Å²) in [7, 11) is 3.49. The van der Waals surface area contributed by atoms with E-state index in [4.69, 9.17) is 4.74 Å². The van der Waals surface area contributed by atoms with Crippen molar-refractivity contribution >= 4 is 41.8 Å². The molecule has 2 amide bonds. The summed E-state index contributed by atoms with van der Waals surface area (Å²) < 4.78 is 5.46. The van der Waals surface area contributed by atoms with Gasteiger partial charge in [0.15, 0.2) is 5.96 Å². The van der Waals surface area contributed by atoms with E-state index in [-0.39, 0.29) is 42.3 Å². The second kappa shape index (κ2) is 12.7. The van der Waals surface area contributed by atoms with E-state index in [9.17, 15) is 9.59 Å². The molecule has 0 saturated carbocycles. The lowest BCUT2D eigenvalue weighted by Crippen LogP contribution is -2.54. The van der Waals surface area contributed by atoms with Crippen molar-refractivity contribution in [3.63, 3.8) is 0 Å². The minimum absolute atomic E-state index is 0. The highest BCUT2D eigenvalue weighted by Crippen LogP contribution is 2.12. The van der Waals surface area contributed by atoms with Crippen LogP contribution in [0.5, 0.6) is 0 Å². The van der Waals surface area contributed by atoms with Crippen LogP contribution >= 0.6 is 24.0 Å². The molecule has 0 aromatic carbocycles. The summed E-state index contributed by atoms with van der Waals surface area (Å²) >= 11 is 0. The van der Waals surface area contributed by atoms with Crippen LogP contribution in [-0.4, -0.2) is 124 Å². The predicted molar refractivity (Wildman–Crippen MR) is 127 cm³/mol. The first-order valence-corrected chi connectivity index (χ1v) is 10.8.